The van der Waals surface area contributed by atoms with Gasteiger partial charge in [0.05, 0.1) is 17.9 Å². The molecular formula is C29H34O9. The molecule has 6 heterocycles. The van der Waals surface area contributed by atoms with Gasteiger partial charge in [-0.1, -0.05) is 19.9 Å². The maximum absolute atomic E-state index is 14.7. The van der Waals surface area contributed by atoms with Crippen molar-refractivity contribution in [1.82, 2.24) is 0 Å². The summed E-state index contributed by atoms with van der Waals surface area (Å²) in [7, 11) is 0. The summed E-state index contributed by atoms with van der Waals surface area (Å²) < 4.78 is 32.1. The Morgan fingerprint density at radius 1 is 0.947 bits per heavy atom. The fourth-order valence-electron chi connectivity index (χ4n) is 10.2. The Morgan fingerprint density at radius 2 is 1.71 bits per heavy atom. The van der Waals surface area contributed by atoms with E-state index < -0.39 is 64.1 Å². The molecule has 9 heteroatoms. The summed E-state index contributed by atoms with van der Waals surface area (Å²) in [6, 6.07) is 0. The van der Waals surface area contributed by atoms with E-state index in [-0.39, 0.29) is 48.2 Å². The Morgan fingerprint density at radius 3 is 2.47 bits per heavy atom. The van der Waals surface area contributed by atoms with Crippen LogP contribution in [0, 0.1) is 35.0 Å². The van der Waals surface area contributed by atoms with E-state index in [2.05, 4.69) is 0 Å². The van der Waals surface area contributed by atoms with E-state index >= 15 is 0 Å². The molecule has 0 aromatic rings. The minimum atomic E-state index is -1.69. The molecule has 6 aliphatic heterocycles. The predicted molar refractivity (Wildman–Crippen MR) is 127 cm³/mol. The number of hydrogen-bond donors (Lipinski definition) is 0. The molecule has 2 aliphatic carbocycles. The van der Waals surface area contributed by atoms with E-state index in [1.165, 1.54) is 0 Å². The molecule has 0 amide bonds. The minimum Gasteiger partial charge on any atom is -0.459 e. The van der Waals surface area contributed by atoms with Gasteiger partial charge in [-0.15, -0.1) is 0 Å². The first-order valence-corrected chi connectivity index (χ1v) is 14.1. The van der Waals surface area contributed by atoms with Gasteiger partial charge in [-0.2, -0.15) is 0 Å². The van der Waals surface area contributed by atoms with Crippen LogP contribution in [-0.2, 0) is 42.9 Å². The van der Waals surface area contributed by atoms with Crippen LogP contribution in [0.1, 0.15) is 66.7 Å². The molecule has 12 atom stereocenters. The first-order chi connectivity index (χ1) is 17.8. The predicted octanol–water partition coefficient (Wildman–Crippen LogP) is 2.43. The average Bonchev–Trinajstić information content (AvgIpc) is 3.42. The van der Waals surface area contributed by atoms with E-state index in [0.717, 1.165) is 0 Å². The number of hydrogen-bond acceptors (Lipinski definition) is 9. The molecule has 6 saturated heterocycles. The third-order valence-corrected chi connectivity index (χ3v) is 11.8. The number of ether oxygens (including phenoxy) is 5. The van der Waals surface area contributed by atoms with Gasteiger partial charge < -0.3 is 23.7 Å². The van der Waals surface area contributed by atoms with Gasteiger partial charge in [0.2, 0.25) is 11.6 Å². The summed E-state index contributed by atoms with van der Waals surface area (Å²) in [4.78, 5) is 53.9. The van der Waals surface area contributed by atoms with Gasteiger partial charge in [0, 0.05) is 41.1 Å². The molecule has 2 bridgehead atoms. The molecule has 38 heavy (non-hydrogen) atoms. The van der Waals surface area contributed by atoms with Gasteiger partial charge in [0.1, 0.15) is 35.3 Å². The van der Waals surface area contributed by atoms with Crippen LogP contribution in [0.15, 0.2) is 11.6 Å². The summed E-state index contributed by atoms with van der Waals surface area (Å²) in [5.41, 5.74) is -2.88. The standard InChI is InChI=1S/C29H34O9/c1-12-18-20-19(13(2)24(33)34-20)37-29-21(18)26(5,22(12)31)8-9-27(38-29)11-28-15(7-6-14(27)23(29)32)25(3,4)35-16(28)10-17(30)36-28/h6,12-13,15-16,18-21H,7-11H2,1-5H3/t12-,13+,15+,16-,18-,19-,20-,21+,26+,27+,28-,29+/m0/s1. The van der Waals surface area contributed by atoms with Crippen LogP contribution in [0.25, 0.3) is 0 Å². The van der Waals surface area contributed by atoms with E-state index in [0.29, 0.717) is 24.8 Å². The van der Waals surface area contributed by atoms with E-state index in [9.17, 15) is 19.2 Å². The summed E-state index contributed by atoms with van der Waals surface area (Å²) in [6.45, 7) is 9.59. The number of rotatable bonds is 0. The number of ketones is 2. The zero-order chi connectivity index (χ0) is 26.8. The van der Waals surface area contributed by atoms with E-state index in [1.54, 1.807) is 6.92 Å². The van der Waals surface area contributed by atoms with E-state index in [1.807, 2.05) is 33.8 Å². The number of Topliss-reactive ketones (excluding diaryl/α,β-unsaturated/α-hetero) is 2. The van der Waals surface area contributed by atoms with Crippen molar-refractivity contribution in [2.45, 2.75) is 108 Å². The molecule has 8 rings (SSSR count). The summed E-state index contributed by atoms with van der Waals surface area (Å²) in [5.74, 6) is -4.62. The highest BCUT2D eigenvalue weighted by Crippen LogP contribution is 2.70. The normalized spacial score (nSPS) is 57.1. The molecule has 9 nitrogen and oxygen atoms in total. The lowest BCUT2D eigenvalue weighted by molar-refractivity contribution is -0.329. The smallest absolute Gasteiger partial charge is 0.311 e. The molecule has 0 unspecified atom stereocenters. The zero-order valence-electron chi connectivity index (χ0n) is 22.4. The summed E-state index contributed by atoms with van der Waals surface area (Å²) >= 11 is 0. The number of allylic oxidation sites excluding steroid dienone is 1. The minimum absolute atomic E-state index is 0.0674. The highest BCUT2D eigenvalue weighted by molar-refractivity contribution is 6.07. The van der Waals surface area contributed by atoms with Crippen LogP contribution in [0.3, 0.4) is 0 Å². The van der Waals surface area contributed by atoms with Crippen molar-refractivity contribution in [2.24, 2.45) is 35.0 Å². The molecule has 7 fully saturated rings. The molecule has 0 N–H and O–H groups in total. The molecule has 0 radical (unpaired) electrons. The highest BCUT2D eigenvalue weighted by Gasteiger charge is 2.81. The second-order valence-electron chi connectivity index (χ2n) is 13.9. The van der Waals surface area contributed by atoms with Crippen molar-refractivity contribution in [2.75, 3.05) is 0 Å². The van der Waals surface area contributed by atoms with Crippen molar-refractivity contribution in [3.63, 3.8) is 0 Å². The van der Waals surface area contributed by atoms with Crippen LogP contribution < -0.4 is 0 Å². The van der Waals surface area contributed by atoms with Crippen molar-refractivity contribution in [3.8, 4) is 0 Å². The third kappa shape index (κ3) is 2.35. The first-order valence-electron chi connectivity index (χ1n) is 14.1. The van der Waals surface area contributed by atoms with Gasteiger partial charge in [-0.3, -0.25) is 19.2 Å². The van der Waals surface area contributed by atoms with Gasteiger partial charge >= 0.3 is 11.9 Å². The molecule has 0 aromatic carbocycles. The summed E-state index contributed by atoms with van der Waals surface area (Å²) in [5, 5.41) is 0. The first kappa shape index (κ1) is 23.8. The largest absolute Gasteiger partial charge is 0.459 e. The van der Waals surface area contributed by atoms with Crippen LogP contribution in [0.4, 0.5) is 0 Å². The quantitative estimate of drug-likeness (QED) is 0.439. The Bertz CT molecular complexity index is 1270. The lowest BCUT2D eigenvalue weighted by atomic mass is 9.62. The molecule has 1 saturated carbocycles. The Hall–Kier alpha value is -2.10. The van der Waals surface area contributed by atoms with E-state index in [4.69, 9.17) is 23.7 Å². The van der Waals surface area contributed by atoms with Crippen molar-refractivity contribution < 1.29 is 42.9 Å². The lowest BCUT2D eigenvalue weighted by Gasteiger charge is -2.49. The fraction of sp³-hybridized carbons (Fsp3) is 0.793. The van der Waals surface area contributed by atoms with Crippen LogP contribution in [-0.4, -0.2) is 64.4 Å². The molecule has 8 aliphatic rings. The van der Waals surface area contributed by atoms with Crippen molar-refractivity contribution >= 4 is 23.5 Å². The number of carbonyl (C=O) groups excluding carboxylic acids is 4. The summed E-state index contributed by atoms with van der Waals surface area (Å²) in [6.07, 6.45) is 2.13. The maximum Gasteiger partial charge on any atom is 0.311 e. The van der Waals surface area contributed by atoms with Crippen LogP contribution in [0.5, 0.6) is 0 Å². The monoisotopic (exact) mass is 526 g/mol. The Kier molecular flexibility index (Phi) is 4.13. The Balaban J connectivity index is 1.32. The second kappa shape index (κ2) is 6.61. The Labute approximate surface area is 220 Å². The molecule has 0 aromatic heterocycles. The fourth-order valence-corrected chi connectivity index (χ4v) is 10.2. The van der Waals surface area contributed by atoms with Gasteiger partial charge in [-0.05, 0) is 40.0 Å². The van der Waals surface area contributed by atoms with Crippen LogP contribution >= 0.6 is 0 Å². The highest BCUT2D eigenvalue weighted by atomic mass is 16.7. The maximum atomic E-state index is 14.7. The van der Waals surface area contributed by atoms with Gasteiger partial charge in [0.25, 0.3) is 0 Å². The van der Waals surface area contributed by atoms with Crippen LogP contribution in [0.2, 0.25) is 0 Å². The topological polar surface area (TPSA) is 114 Å². The molecular weight excluding hydrogens is 492 g/mol. The van der Waals surface area contributed by atoms with Crippen molar-refractivity contribution in [3.05, 3.63) is 11.6 Å². The van der Waals surface area contributed by atoms with Gasteiger partial charge in [0.15, 0.2) is 0 Å². The number of carbonyl (C=O) groups is 4. The van der Waals surface area contributed by atoms with Gasteiger partial charge in [-0.25, -0.2) is 0 Å². The second-order valence-corrected chi connectivity index (χ2v) is 13.9. The van der Waals surface area contributed by atoms with Crippen molar-refractivity contribution in [1.29, 1.82) is 0 Å². The zero-order valence-corrected chi connectivity index (χ0v) is 22.4. The number of esters is 2. The molecule has 204 valence electrons. The molecule has 3 spiro atoms. The average molecular weight is 527 g/mol. The third-order valence-electron chi connectivity index (χ3n) is 11.8. The lowest BCUT2D eigenvalue weighted by Crippen LogP contribution is -2.63. The number of fused-ring (bicyclic) bond motifs is 2. The SMILES string of the molecule is C[C@@H]1C(=O)[C@]2(C)CC[C@@]34C[C@@]56OC(=O)C[C@@H]5OC(C)(C)[C@H]6CC=C3C(=O)[C@]3(O[C@@H]5[C@@H](OC(=O)[C@@H]5C)[C@H]1[C@@H]32)O4.